The van der Waals surface area contributed by atoms with E-state index in [1.165, 1.54) is 25.7 Å². The first-order chi connectivity index (χ1) is 8.61. The monoisotopic (exact) mass is 256 g/mol. The molecule has 2 saturated carbocycles. The lowest BCUT2D eigenvalue weighted by Gasteiger charge is -2.33. The molecule has 0 aromatic heterocycles. The van der Waals surface area contributed by atoms with Crippen molar-refractivity contribution >= 4 is 0 Å². The smallest absolute Gasteiger partial charge is 0.0623 e. The highest BCUT2D eigenvalue weighted by Gasteiger charge is 2.32. The Hall–Kier alpha value is -0.160. The molecule has 106 valence electrons. The first kappa shape index (κ1) is 14.3. The number of nitrogens with zero attached hydrogens (tertiary/aromatic N) is 1. The van der Waals surface area contributed by atoms with Gasteiger partial charge in [-0.05, 0) is 45.6 Å². The fraction of sp³-hybridized carbons (Fsp3) is 1.00. The largest absolute Gasteiger partial charge is 0.394 e. The fourth-order valence-electron chi connectivity index (χ4n) is 2.29. The number of ether oxygens (including phenoxy) is 1. The fourth-order valence-corrected chi connectivity index (χ4v) is 2.29. The third kappa shape index (κ3) is 5.22. The van der Waals surface area contributed by atoms with E-state index in [4.69, 9.17) is 4.74 Å². The third-order valence-corrected chi connectivity index (χ3v) is 3.77. The first-order valence-electron chi connectivity index (χ1n) is 7.26. The second-order valence-electron chi connectivity index (χ2n) is 6.39. The van der Waals surface area contributed by atoms with E-state index in [0.29, 0.717) is 6.04 Å². The Kier molecular flexibility index (Phi) is 5.01. The molecule has 2 N–H and O–H groups in total. The van der Waals surface area contributed by atoms with E-state index in [9.17, 15) is 5.11 Å². The lowest BCUT2D eigenvalue weighted by atomic mass is 10.0. The van der Waals surface area contributed by atoms with Gasteiger partial charge in [0.05, 0.1) is 18.8 Å². The third-order valence-electron chi connectivity index (χ3n) is 3.77. The molecule has 0 spiro atoms. The van der Waals surface area contributed by atoms with Crippen LogP contribution in [-0.2, 0) is 4.74 Å². The zero-order valence-corrected chi connectivity index (χ0v) is 11.8. The van der Waals surface area contributed by atoms with Crippen LogP contribution in [0.1, 0.15) is 32.6 Å². The summed E-state index contributed by atoms with van der Waals surface area (Å²) in [5, 5.41) is 13.1. The highest BCUT2D eigenvalue weighted by atomic mass is 16.5. The minimum Gasteiger partial charge on any atom is -0.394 e. The Balaban J connectivity index is 1.58. The minimum atomic E-state index is -0.174. The van der Waals surface area contributed by atoms with Gasteiger partial charge in [0, 0.05) is 25.7 Å². The van der Waals surface area contributed by atoms with Crippen LogP contribution in [0, 0.1) is 5.92 Å². The van der Waals surface area contributed by atoms with Crippen molar-refractivity contribution in [3.8, 4) is 0 Å². The van der Waals surface area contributed by atoms with E-state index in [-0.39, 0.29) is 12.1 Å². The molecule has 0 saturated heterocycles. The summed E-state index contributed by atoms with van der Waals surface area (Å²) in [6.07, 6.45) is 5.21. The zero-order valence-electron chi connectivity index (χ0n) is 11.8. The van der Waals surface area contributed by atoms with E-state index >= 15 is 0 Å². The standard InChI is InChI=1S/C14H28N2O2/c1-14(11-17,15-13-5-6-13)10-16(2)7-8-18-9-12-3-4-12/h12-13,15,17H,3-11H2,1-2H3. The Morgan fingerprint density at radius 3 is 2.61 bits per heavy atom. The number of aliphatic hydroxyl groups excluding tert-OH is 1. The zero-order chi connectivity index (χ0) is 13.0. The maximum absolute atomic E-state index is 9.54. The van der Waals surface area contributed by atoms with Gasteiger partial charge in [-0.1, -0.05) is 0 Å². The molecule has 0 amide bonds. The molecule has 1 atom stereocenters. The molecule has 4 nitrogen and oxygen atoms in total. The van der Waals surface area contributed by atoms with Crippen molar-refractivity contribution in [2.24, 2.45) is 5.92 Å². The summed E-state index contributed by atoms with van der Waals surface area (Å²) in [5.74, 6) is 0.842. The topological polar surface area (TPSA) is 44.7 Å². The second-order valence-corrected chi connectivity index (χ2v) is 6.39. The van der Waals surface area contributed by atoms with Gasteiger partial charge in [0.15, 0.2) is 0 Å². The summed E-state index contributed by atoms with van der Waals surface area (Å²) in [5.41, 5.74) is -0.174. The summed E-state index contributed by atoms with van der Waals surface area (Å²) in [6, 6.07) is 0.627. The average Bonchev–Trinajstić information content (AvgIpc) is 3.19. The number of likely N-dealkylation sites (N-methyl/N-ethyl adjacent to an activating group) is 1. The van der Waals surface area contributed by atoms with Crippen LogP contribution in [0.2, 0.25) is 0 Å². The Morgan fingerprint density at radius 1 is 1.33 bits per heavy atom. The van der Waals surface area contributed by atoms with Gasteiger partial charge in [0.2, 0.25) is 0 Å². The number of nitrogens with one attached hydrogen (secondary N) is 1. The first-order valence-corrected chi connectivity index (χ1v) is 7.26. The van der Waals surface area contributed by atoms with Crippen molar-refractivity contribution < 1.29 is 9.84 Å². The summed E-state index contributed by atoms with van der Waals surface area (Å²) < 4.78 is 5.65. The van der Waals surface area contributed by atoms with Crippen LogP contribution < -0.4 is 5.32 Å². The molecule has 0 bridgehead atoms. The second kappa shape index (κ2) is 6.33. The molecule has 0 heterocycles. The summed E-state index contributed by atoms with van der Waals surface area (Å²) >= 11 is 0. The van der Waals surface area contributed by atoms with Crippen LogP contribution in [0.5, 0.6) is 0 Å². The predicted octanol–water partition coefficient (Wildman–Crippen LogP) is 0.848. The van der Waals surface area contributed by atoms with Crippen molar-refractivity contribution in [2.75, 3.05) is 40.0 Å². The highest BCUT2D eigenvalue weighted by Crippen LogP contribution is 2.28. The maximum Gasteiger partial charge on any atom is 0.0623 e. The van der Waals surface area contributed by atoms with Gasteiger partial charge in [-0.25, -0.2) is 0 Å². The van der Waals surface area contributed by atoms with E-state index < -0.39 is 0 Å². The van der Waals surface area contributed by atoms with Crippen LogP contribution in [-0.4, -0.2) is 61.5 Å². The van der Waals surface area contributed by atoms with E-state index in [1.807, 2.05) is 0 Å². The van der Waals surface area contributed by atoms with Gasteiger partial charge in [-0.3, -0.25) is 0 Å². The number of aliphatic hydroxyl groups is 1. The van der Waals surface area contributed by atoms with E-state index in [0.717, 1.165) is 32.2 Å². The number of rotatable bonds is 10. The maximum atomic E-state index is 9.54. The van der Waals surface area contributed by atoms with Gasteiger partial charge in [0.25, 0.3) is 0 Å². The Morgan fingerprint density at radius 2 is 2.06 bits per heavy atom. The number of hydrogen-bond donors (Lipinski definition) is 2. The van der Waals surface area contributed by atoms with Crippen molar-refractivity contribution in [1.29, 1.82) is 0 Å². The molecule has 0 aliphatic heterocycles. The minimum absolute atomic E-state index is 0.174. The summed E-state index contributed by atoms with van der Waals surface area (Å²) in [4.78, 5) is 2.25. The molecule has 4 heteroatoms. The summed E-state index contributed by atoms with van der Waals surface area (Å²) in [6.45, 7) is 5.84. The van der Waals surface area contributed by atoms with Gasteiger partial charge in [0.1, 0.15) is 0 Å². The lowest BCUT2D eigenvalue weighted by Crippen LogP contribution is -2.54. The number of hydrogen-bond acceptors (Lipinski definition) is 4. The van der Waals surface area contributed by atoms with Crippen LogP contribution in [0.3, 0.4) is 0 Å². The SMILES string of the molecule is CN(CCOCC1CC1)CC(C)(CO)NC1CC1. The van der Waals surface area contributed by atoms with Gasteiger partial charge >= 0.3 is 0 Å². The van der Waals surface area contributed by atoms with E-state index in [1.54, 1.807) is 0 Å². The Labute approximate surface area is 111 Å². The van der Waals surface area contributed by atoms with Crippen LogP contribution in [0.15, 0.2) is 0 Å². The molecule has 0 radical (unpaired) electrons. The Bertz CT molecular complexity index is 254. The van der Waals surface area contributed by atoms with Gasteiger partial charge < -0.3 is 20.1 Å². The van der Waals surface area contributed by atoms with E-state index in [2.05, 4.69) is 24.2 Å². The van der Waals surface area contributed by atoms with Gasteiger partial charge in [-0.15, -0.1) is 0 Å². The highest BCUT2D eigenvalue weighted by molar-refractivity contribution is 4.93. The molecule has 18 heavy (non-hydrogen) atoms. The predicted molar refractivity (Wildman–Crippen MR) is 72.7 cm³/mol. The normalized spacial score (nSPS) is 23.3. The van der Waals surface area contributed by atoms with Crippen molar-refractivity contribution in [2.45, 2.75) is 44.2 Å². The molecular formula is C14H28N2O2. The van der Waals surface area contributed by atoms with Crippen LogP contribution in [0.25, 0.3) is 0 Å². The molecule has 0 aromatic rings. The van der Waals surface area contributed by atoms with Gasteiger partial charge in [-0.2, -0.15) is 0 Å². The molecular weight excluding hydrogens is 228 g/mol. The molecule has 2 aliphatic carbocycles. The van der Waals surface area contributed by atoms with Crippen molar-refractivity contribution in [3.63, 3.8) is 0 Å². The molecule has 2 rings (SSSR count). The molecule has 1 unspecified atom stereocenters. The quantitative estimate of drug-likeness (QED) is 0.569. The van der Waals surface area contributed by atoms with Crippen molar-refractivity contribution in [1.82, 2.24) is 10.2 Å². The lowest BCUT2D eigenvalue weighted by molar-refractivity contribution is 0.0824. The summed E-state index contributed by atoms with van der Waals surface area (Å²) in [7, 11) is 2.10. The molecule has 0 aromatic carbocycles. The average molecular weight is 256 g/mol. The molecule has 2 fully saturated rings. The van der Waals surface area contributed by atoms with Crippen molar-refractivity contribution in [3.05, 3.63) is 0 Å². The molecule has 2 aliphatic rings. The van der Waals surface area contributed by atoms with Crippen LogP contribution in [0.4, 0.5) is 0 Å². The van der Waals surface area contributed by atoms with Crippen LogP contribution >= 0.6 is 0 Å².